The second-order valence-electron chi connectivity index (χ2n) is 11.9. The average Bonchev–Trinajstić information content (AvgIpc) is 3.15. The second kappa shape index (κ2) is 9.03. The van der Waals surface area contributed by atoms with Gasteiger partial charge < -0.3 is 4.90 Å². The van der Waals surface area contributed by atoms with Crippen LogP contribution in [0.5, 0.6) is 0 Å². The Labute approximate surface area is 227 Å². The molecule has 0 atom stereocenters. The molecule has 0 N–H and O–H groups in total. The zero-order valence-corrected chi connectivity index (χ0v) is 23.0. The Hall–Kier alpha value is -4.10. The molecule has 5 aromatic carbocycles. The predicted molar refractivity (Wildman–Crippen MR) is 163 cm³/mol. The molecule has 0 radical (unpaired) electrons. The summed E-state index contributed by atoms with van der Waals surface area (Å²) in [5.74, 6) is 0. The van der Waals surface area contributed by atoms with Gasteiger partial charge in [0.1, 0.15) is 0 Å². The first-order chi connectivity index (χ1) is 18.2. The van der Waals surface area contributed by atoms with Gasteiger partial charge in [0.25, 0.3) is 0 Å². The Kier molecular flexibility index (Phi) is 5.76. The maximum atomic E-state index is 2.46. The lowest BCUT2D eigenvalue weighted by Gasteiger charge is -2.38. The molecule has 0 unspecified atom stereocenters. The molecule has 0 fully saturated rings. The summed E-state index contributed by atoms with van der Waals surface area (Å²) in [6, 6.07) is 44.3. The van der Waals surface area contributed by atoms with Crippen molar-refractivity contribution in [3.8, 4) is 33.4 Å². The molecule has 1 heteroatoms. The summed E-state index contributed by atoms with van der Waals surface area (Å²) in [5.41, 5.74) is 12.8. The average molecular weight is 494 g/mol. The molecule has 188 valence electrons. The van der Waals surface area contributed by atoms with E-state index in [2.05, 4.69) is 161 Å². The second-order valence-corrected chi connectivity index (χ2v) is 11.9. The fourth-order valence-corrected chi connectivity index (χ4v) is 6.06. The normalized spacial score (nSPS) is 13.6. The predicted octanol–water partition coefficient (Wildman–Crippen LogP) is 10.3. The van der Waals surface area contributed by atoms with Gasteiger partial charge in [-0.3, -0.25) is 0 Å². The summed E-state index contributed by atoms with van der Waals surface area (Å²) in [6.45, 7) is 11.5. The summed E-state index contributed by atoms with van der Waals surface area (Å²) in [6.07, 6.45) is 0. The Balaban J connectivity index is 1.34. The molecule has 0 saturated carbocycles. The smallest absolute Gasteiger partial charge is 0.0422 e. The van der Waals surface area contributed by atoms with Crippen LogP contribution in [0.2, 0.25) is 0 Å². The van der Waals surface area contributed by atoms with Crippen molar-refractivity contribution in [3.05, 3.63) is 132 Å². The van der Waals surface area contributed by atoms with Gasteiger partial charge in [0.05, 0.1) is 0 Å². The monoisotopic (exact) mass is 493 g/mol. The van der Waals surface area contributed by atoms with Gasteiger partial charge in [0.2, 0.25) is 0 Å². The van der Waals surface area contributed by atoms with E-state index in [9.17, 15) is 0 Å². The number of anilines is 2. The fraction of sp³-hybridized carbons (Fsp3) is 0.189. The molecule has 0 aromatic heterocycles. The van der Waals surface area contributed by atoms with Crippen molar-refractivity contribution in [2.24, 2.45) is 0 Å². The zero-order valence-electron chi connectivity index (χ0n) is 23.0. The Morgan fingerprint density at radius 1 is 0.474 bits per heavy atom. The first kappa shape index (κ1) is 24.2. The van der Waals surface area contributed by atoms with E-state index >= 15 is 0 Å². The third-order valence-electron chi connectivity index (χ3n) is 7.95. The molecule has 1 aliphatic carbocycles. The molecule has 5 aromatic rings. The highest BCUT2D eigenvalue weighted by Crippen LogP contribution is 2.50. The third-order valence-corrected chi connectivity index (χ3v) is 7.95. The quantitative estimate of drug-likeness (QED) is 0.241. The van der Waals surface area contributed by atoms with Crippen LogP contribution in [0.3, 0.4) is 0 Å². The van der Waals surface area contributed by atoms with E-state index < -0.39 is 0 Å². The van der Waals surface area contributed by atoms with E-state index in [-0.39, 0.29) is 11.0 Å². The van der Waals surface area contributed by atoms with Gasteiger partial charge in [-0.15, -0.1) is 0 Å². The van der Waals surface area contributed by atoms with Crippen LogP contribution < -0.4 is 4.90 Å². The summed E-state index contributed by atoms with van der Waals surface area (Å²) >= 11 is 0. The van der Waals surface area contributed by atoms with Crippen molar-refractivity contribution >= 4 is 11.4 Å². The Morgan fingerprint density at radius 2 is 0.947 bits per heavy atom. The summed E-state index contributed by atoms with van der Waals surface area (Å²) in [4.78, 5) is 2.46. The van der Waals surface area contributed by atoms with Crippen LogP contribution in [-0.4, -0.2) is 5.54 Å². The first-order valence-corrected chi connectivity index (χ1v) is 13.5. The van der Waals surface area contributed by atoms with E-state index in [0.29, 0.717) is 0 Å². The molecule has 0 bridgehead atoms. The SMILES string of the molecule is CC1(C)c2ccccc2-c2cc(N(c3ccc(-c4ccc(-c5ccccc5)cc4)cc3)C(C)(C)C)ccc21. The molecule has 1 nitrogen and oxygen atoms in total. The minimum absolute atomic E-state index is 0.0225. The van der Waals surface area contributed by atoms with Crippen LogP contribution in [0.4, 0.5) is 11.4 Å². The summed E-state index contributed by atoms with van der Waals surface area (Å²) < 4.78 is 0. The molecule has 38 heavy (non-hydrogen) atoms. The number of benzene rings is 5. The molecule has 0 aliphatic heterocycles. The fourth-order valence-electron chi connectivity index (χ4n) is 6.06. The molecule has 0 heterocycles. The van der Waals surface area contributed by atoms with Crippen LogP contribution in [0.1, 0.15) is 45.7 Å². The molecule has 0 saturated heterocycles. The van der Waals surface area contributed by atoms with Crippen molar-refractivity contribution in [2.45, 2.75) is 45.6 Å². The summed E-state index contributed by atoms with van der Waals surface area (Å²) in [5, 5.41) is 0. The highest BCUT2D eigenvalue weighted by Gasteiger charge is 2.36. The third kappa shape index (κ3) is 4.13. The van der Waals surface area contributed by atoms with E-state index in [1.165, 1.54) is 55.9 Å². The highest BCUT2D eigenvalue weighted by atomic mass is 15.2. The van der Waals surface area contributed by atoms with Gasteiger partial charge >= 0.3 is 0 Å². The number of fused-ring (bicyclic) bond motifs is 3. The summed E-state index contributed by atoms with van der Waals surface area (Å²) in [7, 11) is 0. The van der Waals surface area contributed by atoms with Gasteiger partial charge in [-0.25, -0.2) is 0 Å². The van der Waals surface area contributed by atoms with Gasteiger partial charge in [-0.05, 0) is 89.5 Å². The lowest BCUT2D eigenvalue weighted by Crippen LogP contribution is -2.37. The van der Waals surface area contributed by atoms with Crippen LogP contribution in [0, 0.1) is 0 Å². The maximum absolute atomic E-state index is 2.46. The van der Waals surface area contributed by atoms with Crippen LogP contribution in [-0.2, 0) is 5.41 Å². The standard InChI is InChI=1S/C37H35N/c1-36(2,3)38(31-23-24-35-33(25-31)32-13-9-10-14-34(32)37(35,4)5)30-21-19-29(20-22-30)28-17-15-27(16-18-28)26-11-7-6-8-12-26/h6-25H,1-5H3. The number of hydrogen-bond acceptors (Lipinski definition) is 1. The highest BCUT2D eigenvalue weighted by molar-refractivity contribution is 5.84. The molecule has 0 spiro atoms. The van der Waals surface area contributed by atoms with E-state index in [1.807, 2.05) is 0 Å². The van der Waals surface area contributed by atoms with Crippen molar-refractivity contribution in [2.75, 3.05) is 4.90 Å². The maximum Gasteiger partial charge on any atom is 0.0422 e. The number of nitrogens with zero attached hydrogens (tertiary/aromatic N) is 1. The lowest BCUT2D eigenvalue weighted by atomic mass is 9.82. The van der Waals surface area contributed by atoms with Crippen molar-refractivity contribution in [1.82, 2.24) is 0 Å². The van der Waals surface area contributed by atoms with Gasteiger partial charge in [-0.1, -0.05) is 111 Å². The molecular weight excluding hydrogens is 458 g/mol. The Bertz CT molecular complexity index is 1580. The molecule has 6 rings (SSSR count). The molecular formula is C37H35N. The van der Waals surface area contributed by atoms with Gasteiger partial charge in [0, 0.05) is 22.3 Å². The van der Waals surface area contributed by atoms with Crippen LogP contribution >= 0.6 is 0 Å². The molecule has 1 aliphatic rings. The van der Waals surface area contributed by atoms with Crippen molar-refractivity contribution in [1.29, 1.82) is 0 Å². The van der Waals surface area contributed by atoms with Crippen LogP contribution in [0.15, 0.2) is 121 Å². The molecule has 0 amide bonds. The van der Waals surface area contributed by atoms with E-state index in [1.54, 1.807) is 0 Å². The van der Waals surface area contributed by atoms with Gasteiger partial charge in [0.15, 0.2) is 0 Å². The lowest BCUT2D eigenvalue weighted by molar-refractivity contribution is 0.560. The number of hydrogen-bond donors (Lipinski definition) is 0. The topological polar surface area (TPSA) is 3.24 Å². The van der Waals surface area contributed by atoms with Crippen LogP contribution in [0.25, 0.3) is 33.4 Å². The van der Waals surface area contributed by atoms with Gasteiger partial charge in [-0.2, -0.15) is 0 Å². The van der Waals surface area contributed by atoms with Crippen molar-refractivity contribution < 1.29 is 0 Å². The van der Waals surface area contributed by atoms with E-state index in [0.717, 1.165) is 0 Å². The minimum Gasteiger partial charge on any atom is -0.336 e. The van der Waals surface area contributed by atoms with E-state index in [4.69, 9.17) is 0 Å². The number of rotatable bonds is 4. The zero-order chi connectivity index (χ0) is 26.5. The van der Waals surface area contributed by atoms with Crippen molar-refractivity contribution in [3.63, 3.8) is 0 Å². The Morgan fingerprint density at radius 3 is 1.55 bits per heavy atom. The largest absolute Gasteiger partial charge is 0.336 e. The minimum atomic E-state index is -0.0826. The first-order valence-electron chi connectivity index (χ1n) is 13.5.